The molecule has 0 radical (unpaired) electrons. The van der Waals surface area contributed by atoms with Crippen LogP contribution in [0.1, 0.15) is 5.56 Å². The summed E-state index contributed by atoms with van der Waals surface area (Å²) in [5.41, 5.74) is 6.40. The number of aromatic amines is 1. The summed E-state index contributed by atoms with van der Waals surface area (Å²) in [5.74, 6) is 0. The zero-order valence-electron chi connectivity index (χ0n) is 14.7. The molecule has 7 heteroatoms. The van der Waals surface area contributed by atoms with Gasteiger partial charge in [0.25, 0.3) is 0 Å². The van der Waals surface area contributed by atoms with Gasteiger partial charge in [0.2, 0.25) is 0 Å². The summed E-state index contributed by atoms with van der Waals surface area (Å²) in [6, 6.07) is 11.6. The van der Waals surface area contributed by atoms with Gasteiger partial charge in [0.05, 0.1) is 24.6 Å². The van der Waals surface area contributed by atoms with Gasteiger partial charge in [-0.1, -0.05) is 23.7 Å². The lowest BCUT2D eigenvalue weighted by Gasteiger charge is -2.02. The van der Waals surface area contributed by atoms with E-state index in [4.69, 9.17) is 16.6 Å². The number of fused-ring (bicyclic) bond motifs is 1. The van der Waals surface area contributed by atoms with Crippen LogP contribution in [-0.4, -0.2) is 29.7 Å². The molecule has 0 atom stereocenters. The highest BCUT2D eigenvalue weighted by Crippen LogP contribution is 2.28. The Kier molecular flexibility index (Phi) is 4.10. The molecule has 5 rings (SSSR count). The molecular formula is C21H15ClN6. The standard InChI is InChI=1S/C21H15ClN6/c22-17-3-1-2-14(8-17)12-28-13-16(9-26-28)18-10-24-21-20(18)27-19(11-25-21)15-4-6-23-7-5-15/h1-11,13H,12H2,(H,24,25). The van der Waals surface area contributed by atoms with E-state index in [1.165, 1.54) is 0 Å². The number of pyridine rings is 1. The van der Waals surface area contributed by atoms with Crippen LogP contribution in [0.25, 0.3) is 33.5 Å². The third-order valence-electron chi connectivity index (χ3n) is 4.53. The Morgan fingerprint density at radius 3 is 2.79 bits per heavy atom. The van der Waals surface area contributed by atoms with E-state index < -0.39 is 0 Å². The number of hydrogen-bond donors (Lipinski definition) is 1. The first-order chi connectivity index (χ1) is 13.8. The maximum absolute atomic E-state index is 6.08. The van der Waals surface area contributed by atoms with E-state index >= 15 is 0 Å². The van der Waals surface area contributed by atoms with Crippen molar-refractivity contribution in [3.05, 3.63) is 84.2 Å². The monoisotopic (exact) mass is 386 g/mol. The van der Waals surface area contributed by atoms with Crippen molar-refractivity contribution in [1.82, 2.24) is 29.7 Å². The lowest BCUT2D eigenvalue weighted by Crippen LogP contribution is -1.99. The van der Waals surface area contributed by atoms with Gasteiger partial charge in [0.1, 0.15) is 5.52 Å². The fourth-order valence-corrected chi connectivity index (χ4v) is 3.40. The van der Waals surface area contributed by atoms with Crippen molar-refractivity contribution in [2.45, 2.75) is 6.54 Å². The van der Waals surface area contributed by atoms with Crippen LogP contribution in [0, 0.1) is 0 Å². The summed E-state index contributed by atoms with van der Waals surface area (Å²) >= 11 is 6.08. The highest BCUT2D eigenvalue weighted by Gasteiger charge is 2.12. The first-order valence-electron chi connectivity index (χ1n) is 8.78. The largest absolute Gasteiger partial charge is 0.344 e. The Morgan fingerprint density at radius 1 is 1.04 bits per heavy atom. The molecule has 0 unspecified atom stereocenters. The van der Waals surface area contributed by atoms with Crippen molar-refractivity contribution in [1.29, 1.82) is 0 Å². The van der Waals surface area contributed by atoms with Gasteiger partial charge in [-0.3, -0.25) is 9.67 Å². The van der Waals surface area contributed by atoms with E-state index in [1.54, 1.807) is 18.6 Å². The fraction of sp³-hybridized carbons (Fsp3) is 0.0476. The Balaban J connectivity index is 1.50. The Hall–Kier alpha value is -3.51. The van der Waals surface area contributed by atoms with Crippen LogP contribution in [0.4, 0.5) is 0 Å². The molecule has 1 aromatic carbocycles. The second-order valence-electron chi connectivity index (χ2n) is 6.45. The zero-order chi connectivity index (χ0) is 18.9. The molecule has 0 fully saturated rings. The third-order valence-corrected chi connectivity index (χ3v) is 4.77. The van der Waals surface area contributed by atoms with Crippen LogP contribution in [0.5, 0.6) is 0 Å². The van der Waals surface area contributed by atoms with Crippen molar-refractivity contribution >= 4 is 22.8 Å². The van der Waals surface area contributed by atoms with Crippen molar-refractivity contribution in [3.8, 4) is 22.4 Å². The molecule has 0 bridgehead atoms. The lowest BCUT2D eigenvalue weighted by molar-refractivity contribution is 0.687. The predicted molar refractivity (Wildman–Crippen MR) is 109 cm³/mol. The van der Waals surface area contributed by atoms with Crippen molar-refractivity contribution < 1.29 is 0 Å². The zero-order valence-corrected chi connectivity index (χ0v) is 15.5. The van der Waals surface area contributed by atoms with Gasteiger partial charge in [-0.05, 0) is 29.8 Å². The van der Waals surface area contributed by atoms with E-state index in [0.29, 0.717) is 6.54 Å². The molecule has 4 aromatic heterocycles. The van der Waals surface area contributed by atoms with E-state index in [-0.39, 0.29) is 0 Å². The highest BCUT2D eigenvalue weighted by atomic mass is 35.5. The maximum Gasteiger partial charge on any atom is 0.156 e. The molecule has 0 saturated heterocycles. The van der Waals surface area contributed by atoms with Crippen LogP contribution in [-0.2, 0) is 6.54 Å². The number of rotatable bonds is 4. The van der Waals surface area contributed by atoms with Crippen LogP contribution in [0.3, 0.4) is 0 Å². The summed E-state index contributed by atoms with van der Waals surface area (Å²) in [6.07, 6.45) is 11.0. The number of halogens is 1. The molecule has 0 aliphatic rings. The average Bonchev–Trinajstić information content (AvgIpc) is 3.35. The van der Waals surface area contributed by atoms with Crippen molar-refractivity contribution in [2.75, 3.05) is 0 Å². The number of aromatic nitrogens is 6. The molecule has 0 spiro atoms. The lowest BCUT2D eigenvalue weighted by atomic mass is 10.1. The van der Waals surface area contributed by atoms with Gasteiger partial charge in [-0.15, -0.1) is 0 Å². The van der Waals surface area contributed by atoms with Gasteiger partial charge < -0.3 is 4.98 Å². The quantitative estimate of drug-likeness (QED) is 0.490. The molecule has 0 aliphatic carbocycles. The average molecular weight is 387 g/mol. The topological polar surface area (TPSA) is 72.3 Å². The number of benzene rings is 1. The summed E-state index contributed by atoms with van der Waals surface area (Å²) < 4.78 is 1.89. The molecule has 6 nitrogen and oxygen atoms in total. The summed E-state index contributed by atoms with van der Waals surface area (Å²) in [5, 5.41) is 5.21. The Labute approximate surface area is 165 Å². The molecule has 1 N–H and O–H groups in total. The number of H-pyrrole nitrogens is 1. The predicted octanol–water partition coefficient (Wildman–Crippen LogP) is 4.59. The van der Waals surface area contributed by atoms with Crippen LogP contribution in [0.2, 0.25) is 5.02 Å². The molecule has 0 saturated carbocycles. The molecule has 4 heterocycles. The highest BCUT2D eigenvalue weighted by molar-refractivity contribution is 6.30. The van der Waals surface area contributed by atoms with Crippen LogP contribution >= 0.6 is 11.6 Å². The van der Waals surface area contributed by atoms with E-state index in [1.807, 2.05) is 59.7 Å². The third kappa shape index (κ3) is 3.14. The first kappa shape index (κ1) is 16.6. The molecular weight excluding hydrogens is 372 g/mol. The summed E-state index contributed by atoms with van der Waals surface area (Å²) in [7, 11) is 0. The SMILES string of the molecule is Clc1cccc(Cn2cc(-c3c[nH]c4ncc(-c5ccncc5)nc34)cn2)c1. The summed E-state index contributed by atoms with van der Waals surface area (Å²) in [6.45, 7) is 0.650. The van der Waals surface area contributed by atoms with E-state index in [9.17, 15) is 0 Å². The minimum Gasteiger partial charge on any atom is -0.344 e. The fourth-order valence-electron chi connectivity index (χ4n) is 3.18. The van der Waals surface area contributed by atoms with Crippen molar-refractivity contribution in [2.24, 2.45) is 0 Å². The van der Waals surface area contributed by atoms with Crippen LogP contribution in [0.15, 0.2) is 73.6 Å². The second-order valence-corrected chi connectivity index (χ2v) is 6.88. The Bertz CT molecular complexity index is 1260. The maximum atomic E-state index is 6.08. The summed E-state index contributed by atoms with van der Waals surface area (Å²) in [4.78, 5) is 16.6. The first-order valence-corrected chi connectivity index (χ1v) is 9.16. The number of hydrogen-bond acceptors (Lipinski definition) is 4. The molecule has 5 aromatic rings. The van der Waals surface area contributed by atoms with E-state index in [0.717, 1.165) is 44.1 Å². The van der Waals surface area contributed by atoms with Gasteiger partial charge in [-0.2, -0.15) is 5.10 Å². The number of nitrogens with zero attached hydrogens (tertiary/aromatic N) is 5. The van der Waals surface area contributed by atoms with Gasteiger partial charge >= 0.3 is 0 Å². The number of nitrogens with one attached hydrogen (secondary N) is 1. The van der Waals surface area contributed by atoms with Crippen molar-refractivity contribution in [3.63, 3.8) is 0 Å². The normalized spacial score (nSPS) is 11.2. The minimum absolute atomic E-state index is 0.650. The second kappa shape index (κ2) is 6.90. The van der Waals surface area contributed by atoms with E-state index in [2.05, 4.69) is 20.1 Å². The minimum atomic E-state index is 0.650. The molecule has 136 valence electrons. The van der Waals surface area contributed by atoms with Gasteiger partial charge in [-0.25, -0.2) is 9.97 Å². The molecule has 28 heavy (non-hydrogen) atoms. The van der Waals surface area contributed by atoms with Gasteiger partial charge in [0.15, 0.2) is 5.65 Å². The Morgan fingerprint density at radius 2 is 1.93 bits per heavy atom. The van der Waals surface area contributed by atoms with Crippen LogP contribution < -0.4 is 0 Å². The molecule has 0 aliphatic heterocycles. The smallest absolute Gasteiger partial charge is 0.156 e. The molecule has 0 amide bonds. The van der Waals surface area contributed by atoms with Gasteiger partial charge in [0, 0.05) is 46.5 Å².